The van der Waals surface area contributed by atoms with Crippen LogP contribution in [0.15, 0.2) is 42.5 Å². The SMILES string of the molecule is CCCN1CCC(NC(=O)c2ccc3c(c2)C(=O)N(c2ccc(F)cc2)C3=O)CC1. The van der Waals surface area contributed by atoms with Crippen LogP contribution in [0.5, 0.6) is 0 Å². The number of carbonyl (C=O) groups excluding carboxylic acids is 3. The second-order valence-corrected chi connectivity index (χ2v) is 7.77. The molecule has 2 heterocycles. The van der Waals surface area contributed by atoms with Crippen molar-refractivity contribution in [2.75, 3.05) is 24.5 Å². The number of piperidine rings is 1. The Balaban J connectivity index is 1.47. The largest absolute Gasteiger partial charge is 0.349 e. The maximum atomic E-state index is 13.2. The third kappa shape index (κ3) is 3.85. The molecule has 0 unspecified atom stereocenters. The van der Waals surface area contributed by atoms with E-state index in [1.54, 1.807) is 6.07 Å². The number of fused-ring (bicyclic) bond motifs is 1. The minimum absolute atomic E-state index is 0.104. The van der Waals surface area contributed by atoms with Gasteiger partial charge in [0.1, 0.15) is 5.82 Å². The molecule has 2 aliphatic rings. The molecule has 1 fully saturated rings. The number of anilines is 1. The zero-order chi connectivity index (χ0) is 21.3. The number of hydrogen-bond acceptors (Lipinski definition) is 4. The van der Waals surface area contributed by atoms with E-state index in [9.17, 15) is 18.8 Å². The van der Waals surface area contributed by atoms with Gasteiger partial charge in [-0.15, -0.1) is 0 Å². The molecule has 0 saturated carbocycles. The van der Waals surface area contributed by atoms with Crippen LogP contribution >= 0.6 is 0 Å². The van der Waals surface area contributed by atoms with Gasteiger partial charge in [-0.3, -0.25) is 14.4 Å². The lowest BCUT2D eigenvalue weighted by atomic mass is 10.0. The molecule has 2 aromatic rings. The van der Waals surface area contributed by atoms with Gasteiger partial charge in [-0.25, -0.2) is 9.29 Å². The Kier molecular flexibility index (Phi) is 5.63. The number of likely N-dealkylation sites (tertiary alicyclic amines) is 1. The zero-order valence-corrected chi connectivity index (χ0v) is 16.9. The Labute approximate surface area is 174 Å². The molecule has 30 heavy (non-hydrogen) atoms. The summed E-state index contributed by atoms with van der Waals surface area (Å²) in [6.07, 6.45) is 2.91. The molecule has 0 bridgehead atoms. The number of rotatable bonds is 5. The number of hydrogen-bond donors (Lipinski definition) is 1. The summed E-state index contributed by atoms with van der Waals surface area (Å²) in [7, 11) is 0. The first-order chi connectivity index (χ1) is 14.5. The summed E-state index contributed by atoms with van der Waals surface area (Å²) in [5.41, 5.74) is 1.09. The highest BCUT2D eigenvalue weighted by molar-refractivity contribution is 6.34. The highest BCUT2D eigenvalue weighted by Crippen LogP contribution is 2.29. The maximum absolute atomic E-state index is 13.2. The van der Waals surface area contributed by atoms with Crippen molar-refractivity contribution in [3.63, 3.8) is 0 Å². The molecule has 6 nitrogen and oxygen atoms in total. The summed E-state index contributed by atoms with van der Waals surface area (Å²) >= 11 is 0. The predicted molar refractivity (Wildman–Crippen MR) is 111 cm³/mol. The smallest absolute Gasteiger partial charge is 0.266 e. The summed E-state index contributed by atoms with van der Waals surface area (Å²) in [4.78, 5) is 41.6. The van der Waals surface area contributed by atoms with Crippen LogP contribution in [0.4, 0.5) is 10.1 Å². The first-order valence-corrected chi connectivity index (χ1v) is 10.3. The second kappa shape index (κ2) is 8.36. The van der Waals surface area contributed by atoms with Crippen LogP contribution in [-0.4, -0.2) is 48.3 Å². The molecule has 1 N–H and O–H groups in total. The average molecular weight is 409 g/mol. The number of imide groups is 1. The van der Waals surface area contributed by atoms with Crippen molar-refractivity contribution in [3.8, 4) is 0 Å². The molecular formula is C23H24FN3O3. The van der Waals surface area contributed by atoms with Crippen LogP contribution in [0.25, 0.3) is 0 Å². The fourth-order valence-corrected chi connectivity index (χ4v) is 4.09. The van der Waals surface area contributed by atoms with Gasteiger partial charge in [-0.2, -0.15) is 0 Å². The van der Waals surface area contributed by atoms with Crippen LogP contribution in [0.1, 0.15) is 57.3 Å². The Hall–Kier alpha value is -3.06. The third-order valence-electron chi connectivity index (χ3n) is 5.70. The van der Waals surface area contributed by atoms with E-state index in [0.29, 0.717) is 11.3 Å². The lowest BCUT2D eigenvalue weighted by Crippen LogP contribution is -2.44. The normalized spacial score (nSPS) is 17.3. The van der Waals surface area contributed by atoms with Crippen LogP contribution in [0.2, 0.25) is 0 Å². The monoisotopic (exact) mass is 409 g/mol. The Morgan fingerprint density at radius 2 is 1.70 bits per heavy atom. The van der Waals surface area contributed by atoms with E-state index < -0.39 is 17.6 Å². The van der Waals surface area contributed by atoms with Crippen LogP contribution in [0.3, 0.4) is 0 Å². The van der Waals surface area contributed by atoms with Gasteiger partial charge in [0, 0.05) is 24.7 Å². The Bertz CT molecular complexity index is 982. The van der Waals surface area contributed by atoms with E-state index in [-0.39, 0.29) is 23.1 Å². The van der Waals surface area contributed by atoms with Gasteiger partial charge in [-0.1, -0.05) is 6.92 Å². The van der Waals surface area contributed by atoms with E-state index in [1.165, 1.54) is 36.4 Å². The van der Waals surface area contributed by atoms with Gasteiger partial charge >= 0.3 is 0 Å². The number of amides is 3. The molecule has 0 aliphatic carbocycles. The minimum atomic E-state index is -0.510. The summed E-state index contributed by atoms with van der Waals surface area (Å²) in [5.74, 6) is -1.68. The highest BCUT2D eigenvalue weighted by atomic mass is 19.1. The van der Waals surface area contributed by atoms with Crippen molar-refractivity contribution in [3.05, 3.63) is 65.0 Å². The minimum Gasteiger partial charge on any atom is -0.349 e. The fourth-order valence-electron chi connectivity index (χ4n) is 4.09. The van der Waals surface area contributed by atoms with Gasteiger partial charge in [0.05, 0.1) is 16.8 Å². The van der Waals surface area contributed by atoms with Gasteiger partial charge in [0.25, 0.3) is 17.7 Å². The number of halogens is 1. The molecule has 4 rings (SSSR count). The maximum Gasteiger partial charge on any atom is 0.266 e. The molecule has 0 atom stereocenters. The Morgan fingerprint density at radius 1 is 1.03 bits per heavy atom. The summed E-state index contributed by atoms with van der Waals surface area (Å²) in [6, 6.07) is 9.82. The molecule has 2 aliphatic heterocycles. The van der Waals surface area contributed by atoms with E-state index in [2.05, 4.69) is 17.1 Å². The summed E-state index contributed by atoms with van der Waals surface area (Å²) in [6.45, 7) is 5.16. The van der Waals surface area contributed by atoms with E-state index in [4.69, 9.17) is 0 Å². The number of nitrogens with zero attached hydrogens (tertiary/aromatic N) is 2. The van der Waals surface area contributed by atoms with Crippen molar-refractivity contribution in [2.45, 2.75) is 32.2 Å². The standard InChI is InChI=1S/C23H24FN3O3/c1-2-11-26-12-9-17(10-13-26)25-21(28)15-3-8-19-20(14-15)23(30)27(22(19)29)18-6-4-16(24)5-7-18/h3-8,14,17H,2,9-13H2,1H3,(H,25,28). The molecule has 2 aromatic carbocycles. The van der Waals surface area contributed by atoms with Crippen LogP contribution in [0, 0.1) is 5.82 Å². The molecular weight excluding hydrogens is 385 g/mol. The van der Waals surface area contributed by atoms with Crippen molar-refractivity contribution < 1.29 is 18.8 Å². The third-order valence-corrected chi connectivity index (χ3v) is 5.70. The fraction of sp³-hybridized carbons (Fsp3) is 0.348. The first-order valence-electron chi connectivity index (χ1n) is 10.3. The van der Waals surface area contributed by atoms with Gasteiger partial charge < -0.3 is 10.2 Å². The van der Waals surface area contributed by atoms with E-state index in [0.717, 1.165) is 43.8 Å². The van der Waals surface area contributed by atoms with Crippen molar-refractivity contribution in [1.82, 2.24) is 10.2 Å². The predicted octanol–water partition coefficient (Wildman–Crippen LogP) is 3.23. The van der Waals surface area contributed by atoms with Gasteiger partial charge in [0.15, 0.2) is 0 Å². The number of carbonyl (C=O) groups is 3. The molecule has 7 heteroatoms. The Morgan fingerprint density at radius 3 is 2.37 bits per heavy atom. The van der Waals surface area contributed by atoms with Crippen molar-refractivity contribution in [1.29, 1.82) is 0 Å². The van der Waals surface area contributed by atoms with Gasteiger partial charge in [-0.05, 0) is 68.3 Å². The second-order valence-electron chi connectivity index (χ2n) is 7.77. The lowest BCUT2D eigenvalue weighted by molar-refractivity contribution is 0.0907. The lowest BCUT2D eigenvalue weighted by Gasteiger charge is -2.32. The van der Waals surface area contributed by atoms with E-state index >= 15 is 0 Å². The molecule has 0 radical (unpaired) electrons. The molecule has 156 valence electrons. The topological polar surface area (TPSA) is 69.7 Å². The molecule has 0 aromatic heterocycles. The quantitative estimate of drug-likeness (QED) is 0.770. The average Bonchev–Trinajstić information content (AvgIpc) is 3.00. The summed E-state index contributed by atoms with van der Waals surface area (Å²) < 4.78 is 13.2. The molecule has 1 saturated heterocycles. The van der Waals surface area contributed by atoms with E-state index in [1.807, 2.05) is 0 Å². The zero-order valence-electron chi connectivity index (χ0n) is 16.9. The number of nitrogens with one attached hydrogen (secondary N) is 1. The number of benzene rings is 2. The summed E-state index contributed by atoms with van der Waals surface area (Å²) in [5, 5.41) is 3.05. The van der Waals surface area contributed by atoms with Gasteiger partial charge in [0.2, 0.25) is 0 Å². The molecule has 0 spiro atoms. The van der Waals surface area contributed by atoms with Crippen LogP contribution < -0.4 is 10.2 Å². The molecule has 3 amide bonds. The van der Waals surface area contributed by atoms with Crippen LogP contribution in [-0.2, 0) is 0 Å². The van der Waals surface area contributed by atoms with Crippen molar-refractivity contribution >= 4 is 23.4 Å². The van der Waals surface area contributed by atoms with Crippen molar-refractivity contribution in [2.24, 2.45) is 0 Å². The highest BCUT2D eigenvalue weighted by Gasteiger charge is 2.37. The first kappa shape index (κ1) is 20.2.